The smallest absolute Gasteiger partial charge is 0.110 e. The molecule has 3 aliphatic rings. The predicted molar refractivity (Wildman–Crippen MR) is 99.6 cm³/mol. The third-order valence-corrected chi connectivity index (χ3v) is 6.31. The summed E-state index contributed by atoms with van der Waals surface area (Å²) >= 11 is 0. The number of piperidine rings is 1. The molecule has 3 fully saturated rings. The van der Waals surface area contributed by atoms with Gasteiger partial charge >= 0.3 is 0 Å². The van der Waals surface area contributed by atoms with Crippen LogP contribution in [0.4, 0.5) is 0 Å². The molecule has 4 nitrogen and oxygen atoms in total. The second-order valence-electron chi connectivity index (χ2n) is 7.84. The molecule has 0 radical (unpaired) electrons. The third kappa shape index (κ3) is 3.63. The van der Waals surface area contributed by atoms with Gasteiger partial charge in [-0.05, 0) is 57.7 Å². The van der Waals surface area contributed by atoms with Gasteiger partial charge < -0.3 is 14.8 Å². The molecule has 2 aliphatic heterocycles. The maximum Gasteiger partial charge on any atom is 0.110 e. The fourth-order valence-electron chi connectivity index (χ4n) is 4.89. The van der Waals surface area contributed by atoms with Crippen molar-refractivity contribution in [2.45, 2.75) is 69.4 Å². The van der Waals surface area contributed by atoms with E-state index in [4.69, 9.17) is 9.47 Å². The van der Waals surface area contributed by atoms with Crippen molar-refractivity contribution in [3.8, 4) is 0 Å². The summed E-state index contributed by atoms with van der Waals surface area (Å²) < 4.78 is 12.1. The lowest BCUT2D eigenvalue weighted by Crippen LogP contribution is -2.70. The van der Waals surface area contributed by atoms with Crippen LogP contribution in [0.2, 0.25) is 0 Å². The van der Waals surface area contributed by atoms with Gasteiger partial charge in [0.25, 0.3) is 0 Å². The maximum absolute atomic E-state index is 6.20. The predicted octanol–water partition coefficient (Wildman–Crippen LogP) is 2.97. The molecular formula is C21H32N2O2. The number of ether oxygens (including phenoxy) is 2. The zero-order valence-corrected chi connectivity index (χ0v) is 15.5. The molecule has 0 bridgehead atoms. The van der Waals surface area contributed by atoms with Crippen LogP contribution < -0.4 is 5.32 Å². The van der Waals surface area contributed by atoms with Crippen LogP contribution in [-0.4, -0.2) is 55.0 Å². The topological polar surface area (TPSA) is 33.7 Å². The molecule has 4 heteroatoms. The molecule has 2 saturated heterocycles. The number of hydrogen-bond donors (Lipinski definition) is 1. The number of hydrogen-bond acceptors (Lipinski definition) is 4. The van der Waals surface area contributed by atoms with E-state index in [0.29, 0.717) is 18.2 Å². The zero-order chi connectivity index (χ0) is 17.1. The van der Waals surface area contributed by atoms with Crippen LogP contribution in [0.5, 0.6) is 0 Å². The molecule has 1 aliphatic carbocycles. The monoisotopic (exact) mass is 344 g/mol. The average molecular weight is 344 g/mol. The van der Waals surface area contributed by atoms with E-state index in [1.54, 1.807) is 0 Å². The number of benzene rings is 1. The third-order valence-electron chi connectivity index (χ3n) is 6.31. The second kappa shape index (κ2) is 7.75. The van der Waals surface area contributed by atoms with Gasteiger partial charge in [0.1, 0.15) is 5.60 Å². The van der Waals surface area contributed by atoms with E-state index >= 15 is 0 Å². The van der Waals surface area contributed by atoms with Gasteiger partial charge in [0.2, 0.25) is 0 Å². The largest absolute Gasteiger partial charge is 0.375 e. The van der Waals surface area contributed by atoms with Crippen LogP contribution in [0.3, 0.4) is 0 Å². The first kappa shape index (κ1) is 17.5. The molecule has 1 aromatic carbocycles. The molecule has 3 atom stereocenters. The number of nitrogens with zero attached hydrogens (tertiary/aromatic N) is 1. The van der Waals surface area contributed by atoms with Gasteiger partial charge in [0.15, 0.2) is 0 Å². The van der Waals surface area contributed by atoms with E-state index in [-0.39, 0.29) is 5.60 Å². The summed E-state index contributed by atoms with van der Waals surface area (Å²) in [5.41, 5.74) is 1.39. The zero-order valence-electron chi connectivity index (χ0n) is 15.5. The summed E-state index contributed by atoms with van der Waals surface area (Å²) in [6.07, 6.45) is 6.21. The molecule has 4 rings (SSSR count). The summed E-state index contributed by atoms with van der Waals surface area (Å²) in [6, 6.07) is 11.9. The lowest BCUT2D eigenvalue weighted by Gasteiger charge is -2.54. The van der Waals surface area contributed by atoms with E-state index in [1.165, 1.54) is 37.9 Å². The first-order valence-corrected chi connectivity index (χ1v) is 10.1. The molecule has 3 unspecified atom stereocenters. The van der Waals surface area contributed by atoms with Crippen molar-refractivity contribution in [1.29, 1.82) is 0 Å². The fraction of sp³-hybridized carbons (Fsp3) is 0.714. The molecule has 1 N–H and O–H groups in total. The Labute approximate surface area is 151 Å². The lowest BCUT2D eigenvalue weighted by molar-refractivity contribution is -0.199. The van der Waals surface area contributed by atoms with E-state index in [1.807, 2.05) is 0 Å². The molecule has 1 aromatic rings. The molecule has 2 heterocycles. The van der Waals surface area contributed by atoms with Crippen LogP contribution in [0.1, 0.15) is 44.6 Å². The summed E-state index contributed by atoms with van der Waals surface area (Å²) in [6.45, 7) is 7.23. The Morgan fingerprint density at radius 3 is 2.72 bits per heavy atom. The molecule has 1 saturated carbocycles. The highest BCUT2D eigenvalue weighted by Gasteiger charge is 2.58. The van der Waals surface area contributed by atoms with Crippen molar-refractivity contribution in [2.24, 2.45) is 0 Å². The van der Waals surface area contributed by atoms with Crippen LogP contribution in [0.25, 0.3) is 0 Å². The summed E-state index contributed by atoms with van der Waals surface area (Å²) in [5.74, 6) is 0. The normalized spacial score (nSPS) is 33.6. The molecule has 138 valence electrons. The quantitative estimate of drug-likeness (QED) is 0.860. The Morgan fingerprint density at radius 2 is 2.04 bits per heavy atom. The standard InChI is InChI=1S/C21H32N2O2/c1-2-24-20-15-19(21(20)11-6-14-25-21)22-18-9-12-23(13-10-18)16-17-7-4-3-5-8-17/h3-5,7-8,18-20,22H,2,6,9-16H2,1H3. The molecule has 25 heavy (non-hydrogen) atoms. The van der Waals surface area contributed by atoms with Gasteiger partial charge in [-0.15, -0.1) is 0 Å². The Morgan fingerprint density at radius 1 is 1.24 bits per heavy atom. The van der Waals surface area contributed by atoms with E-state index in [0.717, 1.165) is 32.6 Å². The van der Waals surface area contributed by atoms with E-state index in [9.17, 15) is 0 Å². The first-order chi connectivity index (χ1) is 12.3. The Hall–Kier alpha value is -0.940. The highest BCUT2D eigenvalue weighted by molar-refractivity contribution is 5.15. The highest BCUT2D eigenvalue weighted by Crippen LogP contribution is 2.46. The Kier molecular flexibility index (Phi) is 5.41. The van der Waals surface area contributed by atoms with Gasteiger partial charge in [-0.1, -0.05) is 30.3 Å². The van der Waals surface area contributed by atoms with Gasteiger partial charge in [0.05, 0.1) is 6.10 Å². The van der Waals surface area contributed by atoms with Crippen molar-refractivity contribution in [3.63, 3.8) is 0 Å². The van der Waals surface area contributed by atoms with Crippen molar-refractivity contribution in [1.82, 2.24) is 10.2 Å². The van der Waals surface area contributed by atoms with Crippen LogP contribution in [0.15, 0.2) is 30.3 Å². The molecule has 0 aromatic heterocycles. The second-order valence-corrected chi connectivity index (χ2v) is 7.84. The van der Waals surface area contributed by atoms with Crippen molar-refractivity contribution in [3.05, 3.63) is 35.9 Å². The molecular weight excluding hydrogens is 312 g/mol. The van der Waals surface area contributed by atoms with Crippen LogP contribution >= 0.6 is 0 Å². The number of nitrogens with one attached hydrogen (secondary N) is 1. The van der Waals surface area contributed by atoms with Gasteiger partial charge in [-0.3, -0.25) is 4.90 Å². The minimum atomic E-state index is -0.0306. The van der Waals surface area contributed by atoms with Gasteiger partial charge in [-0.2, -0.15) is 0 Å². The van der Waals surface area contributed by atoms with Crippen molar-refractivity contribution in [2.75, 3.05) is 26.3 Å². The molecule has 0 amide bonds. The molecule has 1 spiro atoms. The Bertz CT molecular complexity index is 536. The highest BCUT2D eigenvalue weighted by atomic mass is 16.6. The van der Waals surface area contributed by atoms with Gasteiger partial charge in [0, 0.05) is 31.8 Å². The first-order valence-electron chi connectivity index (χ1n) is 10.1. The van der Waals surface area contributed by atoms with Crippen molar-refractivity contribution >= 4 is 0 Å². The summed E-state index contributed by atoms with van der Waals surface area (Å²) in [7, 11) is 0. The van der Waals surface area contributed by atoms with E-state index in [2.05, 4.69) is 47.5 Å². The summed E-state index contributed by atoms with van der Waals surface area (Å²) in [5, 5.41) is 3.93. The number of rotatable bonds is 6. The fourth-order valence-corrected chi connectivity index (χ4v) is 4.89. The van der Waals surface area contributed by atoms with E-state index < -0.39 is 0 Å². The lowest BCUT2D eigenvalue weighted by atomic mass is 9.69. The average Bonchev–Trinajstić information content (AvgIpc) is 3.16. The van der Waals surface area contributed by atoms with Crippen LogP contribution in [0, 0.1) is 0 Å². The SMILES string of the molecule is CCOC1CC(NC2CCN(Cc3ccccc3)CC2)C12CCCO2. The number of likely N-dealkylation sites (tertiary alicyclic amines) is 1. The minimum Gasteiger partial charge on any atom is -0.375 e. The van der Waals surface area contributed by atoms with Crippen molar-refractivity contribution < 1.29 is 9.47 Å². The Balaban J connectivity index is 1.26. The van der Waals surface area contributed by atoms with Crippen LogP contribution in [-0.2, 0) is 16.0 Å². The maximum atomic E-state index is 6.20. The minimum absolute atomic E-state index is 0.0306. The van der Waals surface area contributed by atoms with Gasteiger partial charge in [-0.25, -0.2) is 0 Å². The summed E-state index contributed by atoms with van der Waals surface area (Å²) in [4.78, 5) is 2.58.